The molecule has 4 aliphatic rings. The lowest BCUT2D eigenvalue weighted by Gasteiger charge is -2.52. The zero-order valence-electron chi connectivity index (χ0n) is 17.3. The third kappa shape index (κ3) is 3.51. The number of rotatable bonds is 2. The van der Waals surface area contributed by atoms with E-state index in [1.54, 1.807) is 0 Å². The molecule has 4 fully saturated rings. The number of ether oxygens (including phenoxy) is 3. The van der Waals surface area contributed by atoms with Crippen molar-refractivity contribution >= 4 is 22.0 Å². The summed E-state index contributed by atoms with van der Waals surface area (Å²) in [5.41, 5.74) is 0.761. The van der Waals surface area contributed by atoms with Gasteiger partial charge in [-0.1, -0.05) is 41.9 Å². The molecule has 0 atom stereocenters. The van der Waals surface area contributed by atoms with E-state index >= 15 is 0 Å². The monoisotopic (exact) mass is 463 g/mol. The van der Waals surface area contributed by atoms with Crippen LogP contribution >= 0.6 is 15.9 Å². The molecule has 0 bridgehead atoms. The van der Waals surface area contributed by atoms with E-state index in [1.165, 1.54) is 5.56 Å². The van der Waals surface area contributed by atoms with Crippen LogP contribution < -0.4 is 0 Å². The van der Waals surface area contributed by atoms with Gasteiger partial charge in [0.25, 0.3) is 0 Å². The smallest absolute Gasteiger partial charge is 0.411 e. The average molecular weight is 464 g/mol. The van der Waals surface area contributed by atoms with Gasteiger partial charge in [0.1, 0.15) is 5.60 Å². The number of halogens is 1. The first kappa shape index (κ1) is 19.8. The zero-order valence-corrected chi connectivity index (χ0v) is 18.9. The van der Waals surface area contributed by atoms with Crippen LogP contribution in [0.4, 0.5) is 4.79 Å². The van der Waals surface area contributed by atoms with Crippen LogP contribution in [-0.2, 0) is 19.7 Å². The Morgan fingerprint density at radius 3 is 2.07 bits per heavy atom. The van der Waals surface area contributed by atoms with E-state index in [2.05, 4.69) is 54.0 Å². The molecule has 0 unspecified atom stereocenters. The number of carbonyl (C=O) groups excluding carboxylic acids is 1. The predicted octanol–water partition coefficient (Wildman–Crippen LogP) is 5.36. The Balaban J connectivity index is 1.24. The van der Waals surface area contributed by atoms with Gasteiger partial charge in [-0.05, 0) is 43.4 Å². The Hall–Kier alpha value is -1.11. The van der Waals surface area contributed by atoms with Gasteiger partial charge in [0.05, 0.1) is 18.8 Å². The number of hydrogen-bond donors (Lipinski definition) is 0. The summed E-state index contributed by atoms with van der Waals surface area (Å²) >= 11 is 3.50. The normalized spacial score (nSPS) is 28.9. The van der Waals surface area contributed by atoms with Crippen LogP contribution in [0.1, 0.15) is 64.4 Å². The van der Waals surface area contributed by atoms with Crippen LogP contribution in [0.3, 0.4) is 0 Å². The van der Waals surface area contributed by atoms with Gasteiger partial charge in [0.15, 0.2) is 5.79 Å². The van der Waals surface area contributed by atoms with Crippen molar-refractivity contribution < 1.29 is 19.0 Å². The van der Waals surface area contributed by atoms with E-state index in [4.69, 9.17) is 14.2 Å². The highest BCUT2D eigenvalue weighted by atomic mass is 79.9. The SMILES string of the molecule is CC1(C)COC2(CCC3(CCN(C4(c5ccc(Br)cc5)CC4)C(=O)O3)CC2)OC1. The summed E-state index contributed by atoms with van der Waals surface area (Å²) in [6, 6.07) is 8.35. The minimum atomic E-state index is -0.473. The second-order valence-electron chi connectivity index (χ2n) is 10.1. The van der Waals surface area contributed by atoms with Crippen molar-refractivity contribution in [2.75, 3.05) is 19.8 Å². The molecule has 1 aromatic rings. The van der Waals surface area contributed by atoms with Gasteiger partial charge in [0.2, 0.25) is 0 Å². The maximum absolute atomic E-state index is 13.1. The zero-order chi connectivity index (χ0) is 20.3. The van der Waals surface area contributed by atoms with Gasteiger partial charge in [-0.15, -0.1) is 0 Å². The van der Waals surface area contributed by atoms with E-state index < -0.39 is 5.79 Å². The van der Waals surface area contributed by atoms with Gasteiger partial charge in [-0.2, -0.15) is 0 Å². The minimum Gasteiger partial charge on any atom is -0.443 e. The first-order valence-corrected chi connectivity index (χ1v) is 11.6. The number of amides is 1. The molecule has 2 saturated heterocycles. The topological polar surface area (TPSA) is 48.0 Å². The molecule has 0 radical (unpaired) electrons. The van der Waals surface area contributed by atoms with Crippen molar-refractivity contribution in [2.45, 2.75) is 75.7 Å². The summed E-state index contributed by atoms with van der Waals surface area (Å²) in [7, 11) is 0. The lowest BCUT2D eigenvalue weighted by atomic mass is 9.77. The third-order valence-electron chi connectivity index (χ3n) is 7.31. The summed E-state index contributed by atoms with van der Waals surface area (Å²) in [6.07, 6.45) is 5.99. The summed E-state index contributed by atoms with van der Waals surface area (Å²) in [5, 5.41) is 0. The highest BCUT2D eigenvalue weighted by Crippen LogP contribution is 2.54. The lowest BCUT2D eigenvalue weighted by molar-refractivity contribution is -0.320. The van der Waals surface area contributed by atoms with Crippen LogP contribution in [0, 0.1) is 5.41 Å². The molecule has 2 aliphatic carbocycles. The summed E-state index contributed by atoms with van der Waals surface area (Å²) in [6.45, 7) is 6.55. The Kier molecular flexibility index (Phi) is 4.58. The van der Waals surface area contributed by atoms with Crippen LogP contribution in [0.2, 0.25) is 0 Å². The average Bonchev–Trinajstić information content (AvgIpc) is 3.49. The van der Waals surface area contributed by atoms with Crippen molar-refractivity contribution in [3.8, 4) is 0 Å². The first-order valence-electron chi connectivity index (χ1n) is 10.8. The third-order valence-corrected chi connectivity index (χ3v) is 7.84. The molecule has 1 aromatic carbocycles. The van der Waals surface area contributed by atoms with Gasteiger partial charge in [-0.3, -0.25) is 4.90 Å². The molecule has 5 rings (SSSR count). The standard InChI is InChI=1S/C23H30BrNO4/c1-20(2)15-27-23(28-16-20)11-7-21(8-12-23)13-14-25(19(26)29-21)22(9-10-22)17-3-5-18(24)6-4-17/h3-6H,7-16H2,1-2H3. The van der Waals surface area contributed by atoms with Crippen molar-refractivity contribution in [1.29, 1.82) is 0 Å². The van der Waals surface area contributed by atoms with Crippen molar-refractivity contribution in [3.05, 3.63) is 34.3 Å². The maximum Gasteiger partial charge on any atom is 0.411 e. The fraction of sp³-hybridized carbons (Fsp3) is 0.696. The molecule has 5 nitrogen and oxygen atoms in total. The lowest BCUT2D eigenvalue weighted by Crippen LogP contribution is -2.58. The fourth-order valence-electron chi connectivity index (χ4n) is 5.14. The van der Waals surface area contributed by atoms with Gasteiger partial charge in [0, 0.05) is 35.7 Å². The molecule has 1 amide bonds. The molecule has 0 N–H and O–H groups in total. The van der Waals surface area contributed by atoms with Crippen LogP contribution in [0.5, 0.6) is 0 Å². The molecular weight excluding hydrogens is 434 g/mol. The van der Waals surface area contributed by atoms with Gasteiger partial charge >= 0.3 is 6.09 Å². The van der Waals surface area contributed by atoms with E-state index in [1.807, 2.05) is 4.90 Å². The molecule has 158 valence electrons. The first-order chi connectivity index (χ1) is 13.8. The van der Waals surface area contributed by atoms with Crippen molar-refractivity contribution in [1.82, 2.24) is 4.90 Å². The molecule has 6 heteroatoms. The second-order valence-corrected chi connectivity index (χ2v) is 11.1. The number of nitrogens with zero attached hydrogens (tertiary/aromatic N) is 1. The predicted molar refractivity (Wildman–Crippen MR) is 112 cm³/mol. The second kappa shape index (κ2) is 6.69. The maximum atomic E-state index is 13.1. The largest absolute Gasteiger partial charge is 0.443 e. The Bertz CT molecular complexity index is 782. The van der Waals surface area contributed by atoms with E-state index in [0.29, 0.717) is 0 Å². The van der Waals surface area contributed by atoms with Crippen LogP contribution in [0.15, 0.2) is 28.7 Å². The number of carbonyl (C=O) groups is 1. The molecule has 2 aliphatic heterocycles. The molecule has 29 heavy (non-hydrogen) atoms. The quantitative estimate of drug-likeness (QED) is 0.591. The minimum absolute atomic E-state index is 0.0732. The van der Waals surface area contributed by atoms with Gasteiger partial charge in [-0.25, -0.2) is 4.79 Å². The summed E-state index contributed by atoms with van der Waals surface area (Å²) in [4.78, 5) is 15.1. The molecule has 0 aromatic heterocycles. The highest BCUT2D eigenvalue weighted by molar-refractivity contribution is 9.10. The van der Waals surface area contributed by atoms with Crippen molar-refractivity contribution in [2.24, 2.45) is 5.41 Å². The number of benzene rings is 1. The Morgan fingerprint density at radius 2 is 1.52 bits per heavy atom. The van der Waals surface area contributed by atoms with Crippen LogP contribution in [-0.4, -0.2) is 42.1 Å². The van der Waals surface area contributed by atoms with E-state index in [-0.39, 0.29) is 22.6 Å². The van der Waals surface area contributed by atoms with Crippen LogP contribution in [0.25, 0.3) is 0 Å². The van der Waals surface area contributed by atoms with Crippen molar-refractivity contribution in [3.63, 3.8) is 0 Å². The summed E-state index contributed by atoms with van der Waals surface area (Å²) in [5.74, 6) is -0.473. The molecular formula is C23H30BrNO4. The highest BCUT2D eigenvalue weighted by Gasteiger charge is 2.57. The van der Waals surface area contributed by atoms with E-state index in [9.17, 15) is 4.79 Å². The van der Waals surface area contributed by atoms with Gasteiger partial charge < -0.3 is 14.2 Å². The number of hydrogen-bond acceptors (Lipinski definition) is 4. The molecule has 2 spiro atoms. The summed E-state index contributed by atoms with van der Waals surface area (Å²) < 4.78 is 19.5. The Morgan fingerprint density at radius 1 is 0.897 bits per heavy atom. The molecule has 2 heterocycles. The molecule has 2 saturated carbocycles. The van der Waals surface area contributed by atoms with E-state index in [0.717, 1.165) is 69.2 Å². The fourth-order valence-corrected chi connectivity index (χ4v) is 5.41. The Labute approximate surface area is 181 Å².